The van der Waals surface area contributed by atoms with E-state index in [0.29, 0.717) is 0 Å². The van der Waals surface area contributed by atoms with Crippen LogP contribution in [-0.4, -0.2) is 20.8 Å². The van der Waals surface area contributed by atoms with Crippen LogP contribution in [0.15, 0.2) is 12.7 Å². The van der Waals surface area contributed by atoms with Gasteiger partial charge in [0.15, 0.2) is 0 Å². The SMILES string of the molecule is NC(=O)n1cnnc1. The van der Waals surface area contributed by atoms with Crippen molar-refractivity contribution in [3.05, 3.63) is 12.7 Å². The zero-order valence-electron chi connectivity index (χ0n) is 3.98. The Morgan fingerprint density at radius 2 is 2.00 bits per heavy atom. The van der Waals surface area contributed by atoms with E-state index in [1.165, 1.54) is 12.7 Å². The van der Waals surface area contributed by atoms with E-state index in [9.17, 15) is 4.79 Å². The van der Waals surface area contributed by atoms with Gasteiger partial charge in [-0.2, -0.15) is 0 Å². The molecule has 1 heterocycles. The molecule has 1 aromatic rings. The van der Waals surface area contributed by atoms with Crippen LogP contribution < -0.4 is 5.73 Å². The lowest BCUT2D eigenvalue weighted by Gasteiger charge is -1.85. The summed E-state index contributed by atoms with van der Waals surface area (Å²) < 4.78 is 1.08. The Morgan fingerprint density at radius 3 is 2.25 bits per heavy atom. The highest BCUT2D eigenvalue weighted by Gasteiger charge is 1.92. The molecule has 5 heteroatoms. The van der Waals surface area contributed by atoms with Crippen LogP contribution in [-0.2, 0) is 0 Å². The van der Waals surface area contributed by atoms with Gasteiger partial charge in [-0.15, -0.1) is 10.2 Å². The maximum Gasteiger partial charge on any atom is 0.325 e. The molecule has 0 aliphatic heterocycles. The van der Waals surface area contributed by atoms with Crippen molar-refractivity contribution in [1.29, 1.82) is 0 Å². The Bertz CT molecular complexity index is 179. The molecule has 8 heavy (non-hydrogen) atoms. The van der Waals surface area contributed by atoms with Crippen LogP contribution in [0.3, 0.4) is 0 Å². The van der Waals surface area contributed by atoms with E-state index in [-0.39, 0.29) is 0 Å². The first-order chi connectivity index (χ1) is 3.80. The molecule has 0 unspecified atom stereocenters. The van der Waals surface area contributed by atoms with E-state index in [1.54, 1.807) is 0 Å². The van der Waals surface area contributed by atoms with Crippen molar-refractivity contribution in [3.8, 4) is 0 Å². The Kier molecular flexibility index (Phi) is 0.957. The second-order valence-corrected chi connectivity index (χ2v) is 1.21. The molecule has 0 aliphatic rings. The van der Waals surface area contributed by atoms with Crippen molar-refractivity contribution in [1.82, 2.24) is 14.8 Å². The zero-order valence-corrected chi connectivity index (χ0v) is 3.98. The number of carbonyl (C=O) groups is 1. The molecule has 1 aromatic heterocycles. The number of carbonyl (C=O) groups excluding carboxylic acids is 1. The molecule has 2 N–H and O–H groups in total. The maximum absolute atomic E-state index is 10.2. The lowest BCUT2D eigenvalue weighted by atomic mass is 10.9. The maximum atomic E-state index is 10.2. The lowest BCUT2D eigenvalue weighted by molar-refractivity contribution is 0.250. The molecule has 0 fully saturated rings. The van der Waals surface area contributed by atoms with Crippen molar-refractivity contribution in [2.45, 2.75) is 0 Å². The van der Waals surface area contributed by atoms with Crippen molar-refractivity contribution in [2.75, 3.05) is 0 Å². The summed E-state index contributed by atoms with van der Waals surface area (Å²) in [7, 11) is 0. The molecule has 0 atom stereocenters. The van der Waals surface area contributed by atoms with Gasteiger partial charge in [-0.25, -0.2) is 9.36 Å². The first kappa shape index (κ1) is 4.76. The molecule has 0 radical (unpaired) electrons. The van der Waals surface area contributed by atoms with Gasteiger partial charge in [0.25, 0.3) is 0 Å². The number of rotatable bonds is 0. The summed E-state index contributed by atoms with van der Waals surface area (Å²) in [6.07, 6.45) is 2.48. The molecule has 5 nitrogen and oxygen atoms in total. The molecule has 42 valence electrons. The molecule has 0 aromatic carbocycles. The molecule has 1 amide bonds. The van der Waals surface area contributed by atoms with Gasteiger partial charge in [-0.05, 0) is 0 Å². The molecule has 0 bridgehead atoms. The van der Waals surface area contributed by atoms with Gasteiger partial charge in [0.2, 0.25) is 0 Å². The second kappa shape index (κ2) is 1.61. The molecule has 0 saturated heterocycles. The summed E-state index contributed by atoms with van der Waals surface area (Å²) in [5.41, 5.74) is 4.80. The summed E-state index contributed by atoms with van der Waals surface area (Å²) >= 11 is 0. The standard InChI is InChI=1S/C3H4N4O/c4-3(8)7-1-5-6-2-7/h1-2H,(H2,4,8). The highest BCUT2D eigenvalue weighted by atomic mass is 16.2. The lowest BCUT2D eigenvalue weighted by Crippen LogP contribution is -2.17. The van der Waals surface area contributed by atoms with Crippen molar-refractivity contribution in [3.63, 3.8) is 0 Å². The van der Waals surface area contributed by atoms with Gasteiger partial charge in [0.05, 0.1) is 0 Å². The Balaban J connectivity index is 2.93. The normalized spacial score (nSPS) is 9.00. The van der Waals surface area contributed by atoms with Crippen LogP contribution in [0, 0.1) is 0 Å². The fourth-order valence-corrected chi connectivity index (χ4v) is 0.315. The minimum atomic E-state index is -0.574. The first-order valence-electron chi connectivity index (χ1n) is 1.95. The van der Waals surface area contributed by atoms with E-state index >= 15 is 0 Å². The number of amides is 1. The third-order valence-corrected chi connectivity index (χ3v) is 0.673. The Labute approximate surface area is 45.1 Å². The zero-order chi connectivity index (χ0) is 5.98. The number of hydrogen-bond acceptors (Lipinski definition) is 3. The van der Waals surface area contributed by atoms with E-state index < -0.39 is 6.03 Å². The van der Waals surface area contributed by atoms with Crippen LogP contribution in [0.1, 0.15) is 0 Å². The fourth-order valence-electron chi connectivity index (χ4n) is 0.315. The topological polar surface area (TPSA) is 73.8 Å². The fraction of sp³-hybridized carbons (Fsp3) is 0. The summed E-state index contributed by atoms with van der Waals surface area (Å²) in [6, 6.07) is -0.574. The van der Waals surface area contributed by atoms with Crippen LogP contribution in [0.4, 0.5) is 4.79 Å². The number of hydrogen-bond donors (Lipinski definition) is 1. The Morgan fingerprint density at radius 1 is 1.50 bits per heavy atom. The summed E-state index contributed by atoms with van der Waals surface area (Å²) in [6.45, 7) is 0. The van der Waals surface area contributed by atoms with Gasteiger partial charge in [0.1, 0.15) is 12.7 Å². The largest absolute Gasteiger partial charge is 0.351 e. The third-order valence-electron chi connectivity index (χ3n) is 0.673. The minimum absolute atomic E-state index is 0.574. The summed E-state index contributed by atoms with van der Waals surface area (Å²) in [4.78, 5) is 10.2. The molecular formula is C3H4N4O. The summed E-state index contributed by atoms with van der Waals surface area (Å²) in [5, 5.41) is 6.71. The van der Waals surface area contributed by atoms with Gasteiger partial charge in [-0.1, -0.05) is 0 Å². The smallest absolute Gasteiger partial charge is 0.325 e. The van der Waals surface area contributed by atoms with Gasteiger partial charge < -0.3 is 5.73 Å². The molecule has 0 spiro atoms. The van der Waals surface area contributed by atoms with E-state index in [1.807, 2.05) is 0 Å². The number of primary amides is 1. The molecule has 0 aliphatic carbocycles. The van der Waals surface area contributed by atoms with Crippen LogP contribution >= 0.6 is 0 Å². The van der Waals surface area contributed by atoms with Gasteiger partial charge in [-0.3, -0.25) is 0 Å². The monoisotopic (exact) mass is 112 g/mol. The van der Waals surface area contributed by atoms with Crippen molar-refractivity contribution in [2.24, 2.45) is 5.73 Å². The van der Waals surface area contributed by atoms with E-state index in [0.717, 1.165) is 4.57 Å². The average molecular weight is 112 g/mol. The van der Waals surface area contributed by atoms with Crippen LogP contribution in [0.2, 0.25) is 0 Å². The third kappa shape index (κ3) is 0.651. The van der Waals surface area contributed by atoms with Gasteiger partial charge >= 0.3 is 6.03 Å². The van der Waals surface area contributed by atoms with Crippen LogP contribution in [0.5, 0.6) is 0 Å². The van der Waals surface area contributed by atoms with Crippen molar-refractivity contribution < 1.29 is 4.79 Å². The predicted molar refractivity (Wildman–Crippen MR) is 25.0 cm³/mol. The van der Waals surface area contributed by atoms with Gasteiger partial charge in [0, 0.05) is 0 Å². The second-order valence-electron chi connectivity index (χ2n) is 1.21. The minimum Gasteiger partial charge on any atom is -0.351 e. The quantitative estimate of drug-likeness (QED) is 0.477. The average Bonchev–Trinajstić information content (AvgIpc) is 2.12. The molecule has 1 rings (SSSR count). The van der Waals surface area contributed by atoms with E-state index in [2.05, 4.69) is 10.2 Å². The Hall–Kier alpha value is -1.39. The first-order valence-corrected chi connectivity index (χ1v) is 1.95. The predicted octanol–water partition coefficient (Wildman–Crippen LogP) is -0.795. The van der Waals surface area contributed by atoms with Crippen LogP contribution in [0.25, 0.3) is 0 Å². The highest BCUT2D eigenvalue weighted by Crippen LogP contribution is 1.75. The molecular weight excluding hydrogens is 108 g/mol. The number of nitrogens with zero attached hydrogens (tertiary/aromatic N) is 3. The molecule has 0 saturated carbocycles. The number of nitrogens with two attached hydrogens (primary N) is 1. The van der Waals surface area contributed by atoms with Crippen molar-refractivity contribution >= 4 is 6.03 Å². The number of aromatic nitrogens is 3. The highest BCUT2D eigenvalue weighted by molar-refractivity contribution is 5.73. The summed E-state index contributed by atoms with van der Waals surface area (Å²) in [5.74, 6) is 0. The van der Waals surface area contributed by atoms with E-state index in [4.69, 9.17) is 5.73 Å².